The highest BCUT2D eigenvalue weighted by Gasteiger charge is 2.48. The third-order valence-electron chi connectivity index (χ3n) is 5.42. The van der Waals surface area contributed by atoms with Gasteiger partial charge in [-0.15, -0.1) is 12.4 Å². The quantitative estimate of drug-likeness (QED) is 0.908. The molecule has 2 bridgehead atoms. The summed E-state index contributed by atoms with van der Waals surface area (Å²) in [5.41, 5.74) is 1.36. The van der Waals surface area contributed by atoms with Gasteiger partial charge in [0.2, 0.25) is 0 Å². The van der Waals surface area contributed by atoms with E-state index >= 15 is 0 Å². The third-order valence-corrected chi connectivity index (χ3v) is 5.42. The topological polar surface area (TPSA) is 62.5 Å². The summed E-state index contributed by atoms with van der Waals surface area (Å²) in [5, 5.41) is 11.5. The highest BCUT2D eigenvalue weighted by Crippen LogP contribution is 2.39. The molecule has 5 rings (SSSR count). The minimum atomic E-state index is -0.0465. The highest BCUT2D eigenvalue weighted by molar-refractivity contribution is 6.00. The van der Waals surface area contributed by atoms with Gasteiger partial charge >= 0.3 is 0 Å². The average Bonchev–Trinajstić information content (AvgIpc) is 2.95. The second-order valence-electron chi connectivity index (χ2n) is 6.89. The lowest BCUT2D eigenvalue weighted by molar-refractivity contribution is -0.0377. The largest absolute Gasteiger partial charge is 0.347 e. The van der Waals surface area contributed by atoms with Crippen molar-refractivity contribution in [2.45, 2.75) is 38.3 Å². The van der Waals surface area contributed by atoms with Crippen molar-refractivity contribution in [3.8, 4) is 0 Å². The summed E-state index contributed by atoms with van der Waals surface area (Å²) in [5.74, 6) is 0.527. The van der Waals surface area contributed by atoms with E-state index in [4.69, 9.17) is 0 Å². The lowest BCUT2D eigenvalue weighted by Gasteiger charge is -2.56. The van der Waals surface area contributed by atoms with Crippen LogP contribution in [0.3, 0.4) is 0 Å². The Hall–Kier alpha value is -1.66. The monoisotopic (exact) mass is 335 g/mol. The van der Waals surface area contributed by atoms with Crippen LogP contribution in [-0.2, 0) is 0 Å². The third kappa shape index (κ3) is 2.50. The zero-order valence-electron chi connectivity index (χ0n) is 13.4. The van der Waals surface area contributed by atoms with Crippen LogP contribution < -0.4 is 5.32 Å². The number of nitrogens with one attached hydrogen (secondary N) is 1. The van der Waals surface area contributed by atoms with E-state index in [2.05, 4.69) is 34.3 Å². The number of fused-ring (bicyclic) bond motifs is 4. The summed E-state index contributed by atoms with van der Waals surface area (Å²) in [6.07, 6.45) is 5.61. The van der Waals surface area contributed by atoms with E-state index in [0.29, 0.717) is 11.5 Å². The molecule has 0 radical (unpaired) electrons. The summed E-state index contributed by atoms with van der Waals surface area (Å²) in [6, 6.07) is 3.89. The van der Waals surface area contributed by atoms with Crippen LogP contribution in [-0.4, -0.2) is 50.3 Å². The van der Waals surface area contributed by atoms with Crippen molar-refractivity contribution in [3.63, 3.8) is 0 Å². The van der Waals surface area contributed by atoms with Crippen LogP contribution in [0, 0.1) is 5.92 Å². The molecule has 5 heterocycles. The number of carbonyl (C=O) groups is 1. The van der Waals surface area contributed by atoms with Gasteiger partial charge in [-0.2, -0.15) is 14.8 Å². The number of hydrogen-bond donors (Lipinski definition) is 1. The molecular formula is C16H22ClN5O. The predicted molar refractivity (Wildman–Crippen MR) is 89.9 cm³/mol. The molecule has 0 spiro atoms. The number of nitrogens with zero attached hydrogens (tertiary/aromatic N) is 4. The molecule has 7 heteroatoms. The summed E-state index contributed by atoms with van der Waals surface area (Å²) >= 11 is 0. The molecule has 0 aromatic carbocycles. The molecule has 1 N–H and O–H groups in total. The number of amides is 1. The number of hydrogen-bond acceptors (Lipinski definition) is 4. The molecule has 124 valence electrons. The smallest absolute Gasteiger partial charge is 0.255 e. The fourth-order valence-electron chi connectivity index (χ4n) is 4.10. The van der Waals surface area contributed by atoms with Gasteiger partial charge in [-0.3, -0.25) is 9.69 Å². The van der Waals surface area contributed by atoms with Crippen LogP contribution >= 0.6 is 12.4 Å². The van der Waals surface area contributed by atoms with Crippen LogP contribution in [0.25, 0.3) is 5.52 Å². The van der Waals surface area contributed by atoms with Gasteiger partial charge in [-0.25, -0.2) is 0 Å². The second-order valence-corrected chi connectivity index (χ2v) is 6.89. The van der Waals surface area contributed by atoms with Crippen LogP contribution in [0.4, 0.5) is 0 Å². The van der Waals surface area contributed by atoms with Crippen LogP contribution in [0.2, 0.25) is 0 Å². The molecule has 3 aliphatic rings. The molecule has 23 heavy (non-hydrogen) atoms. The maximum Gasteiger partial charge on any atom is 0.255 e. The Morgan fingerprint density at radius 1 is 1.30 bits per heavy atom. The fraction of sp³-hybridized carbons (Fsp3) is 0.562. The highest BCUT2D eigenvalue weighted by atomic mass is 35.5. The zero-order chi connectivity index (χ0) is 15.3. The molecule has 3 aliphatic heterocycles. The molecule has 1 unspecified atom stereocenters. The zero-order valence-corrected chi connectivity index (χ0v) is 14.2. The summed E-state index contributed by atoms with van der Waals surface area (Å²) in [4.78, 5) is 15.2. The Morgan fingerprint density at radius 3 is 2.74 bits per heavy atom. The van der Waals surface area contributed by atoms with Crippen molar-refractivity contribution in [1.29, 1.82) is 0 Å². The molecule has 1 atom stereocenters. The van der Waals surface area contributed by atoms with Gasteiger partial charge in [0, 0.05) is 17.8 Å². The van der Waals surface area contributed by atoms with Crippen LogP contribution in [0.5, 0.6) is 0 Å². The number of piperidine rings is 3. The Morgan fingerprint density at radius 2 is 2.04 bits per heavy atom. The summed E-state index contributed by atoms with van der Waals surface area (Å²) in [6.45, 7) is 6.76. The molecular weight excluding hydrogens is 314 g/mol. The first-order chi connectivity index (χ1) is 10.6. The molecule has 2 aromatic rings. The Kier molecular flexibility index (Phi) is 4.06. The number of carbonyl (C=O) groups excluding carboxylic acids is 1. The molecule has 0 aliphatic carbocycles. The maximum atomic E-state index is 12.7. The molecule has 1 amide bonds. The van der Waals surface area contributed by atoms with Crippen molar-refractivity contribution in [1.82, 2.24) is 25.0 Å². The van der Waals surface area contributed by atoms with E-state index in [1.807, 2.05) is 12.1 Å². The Balaban J connectivity index is 0.00000156. The van der Waals surface area contributed by atoms with Gasteiger partial charge < -0.3 is 5.32 Å². The van der Waals surface area contributed by atoms with Gasteiger partial charge in [0.05, 0.1) is 11.8 Å². The number of halogens is 1. The van der Waals surface area contributed by atoms with Gasteiger partial charge in [0.25, 0.3) is 5.91 Å². The lowest BCUT2D eigenvalue weighted by atomic mass is 9.72. The summed E-state index contributed by atoms with van der Waals surface area (Å²) < 4.78 is 1.50. The van der Waals surface area contributed by atoms with Gasteiger partial charge in [-0.05, 0) is 57.8 Å². The van der Waals surface area contributed by atoms with Gasteiger partial charge in [0.15, 0.2) is 0 Å². The van der Waals surface area contributed by atoms with E-state index in [0.717, 1.165) is 18.6 Å². The minimum Gasteiger partial charge on any atom is -0.347 e. The standard InChI is InChI=1S/C16H21N5O.ClH/c1-16(2)14(11-5-8-20(16)9-6-11)19-15(22)12-10-18-21-13(12)4-3-7-17-21;/h3-4,7,10-11,14H,5-6,8-9H2,1-2H3,(H,19,22);1H. The number of aromatic nitrogens is 3. The van der Waals surface area contributed by atoms with Crippen LogP contribution in [0.1, 0.15) is 37.0 Å². The normalized spacial score (nSPS) is 28.3. The Bertz CT molecular complexity index is 720. The maximum absolute atomic E-state index is 12.7. The summed E-state index contributed by atoms with van der Waals surface area (Å²) in [7, 11) is 0. The molecule has 3 fully saturated rings. The molecule has 0 saturated carbocycles. The van der Waals surface area contributed by atoms with Gasteiger partial charge in [-0.1, -0.05) is 0 Å². The van der Waals surface area contributed by atoms with E-state index in [-0.39, 0.29) is 29.9 Å². The fourth-order valence-corrected chi connectivity index (χ4v) is 4.10. The predicted octanol–water partition coefficient (Wildman–Crippen LogP) is 1.75. The van der Waals surface area contributed by atoms with Crippen molar-refractivity contribution in [3.05, 3.63) is 30.1 Å². The van der Waals surface area contributed by atoms with E-state index in [1.165, 1.54) is 17.5 Å². The van der Waals surface area contributed by atoms with Crippen molar-refractivity contribution >= 4 is 23.8 Å². The van der Waals surface area contributed by atoms with Gasteiger partial charge in [0.1, 0.15) is 5.52 Å². The van der Waals surface area contributed by atoms with Crippen molar-refractivity contribution in [2.75, 3.05) is 13.1 Å². The molecule has 2 aromatic heterocycles. The van der Waals surface area contributed by atoms with E-state index < -0.39 is 0 Å². The minimum absolute atomic E-state index is 0. The second kappa shape index (κ2) is 5.76. The van der Waals surface area contributed by atoms with E-state index in [1.54, 1.807) is 12.4 Å². The Labute approximate surface area is 141 Å². The average molecular weight is 336 g/mol. The van der Waals surface area contributed by atoms with Crippen LogP contribution in [0.15, 0.2) is 24.5 Å². The first kappa shape index (κ1) is 16.2. The molecule has 3 saturated heterocycles. The van der Waals surface area contributed by atoms with E-state index in [9.17, 15) is 4.79 Å². The first-order valence-electron chi connectivity index (χ1n) is 7.92. The van der Waals surface area contributed by atoms with Crippen molar-refractivity contribution < 1.29 is 4.79 Å². The SMILES string of the molecule is CC1(C)C(NC(=O)c2cnn3ncccc23)C2CCN1CC2.Cl. The number of rotatable bonds is 2. The van der Waals surface area contributed by atoms with Crippen molar-refractivity contribution in [2.24, 2.45) is 5.92 Å². The first-order valence-corrected chi connectivity index (χ1v) is 7.92. The molecule has 6 nitrogen and oxygen atoms in total. The lowest BCUT2D eigenvalue weighted by Crippen LogP contribution is -2.69.